The largest absolute Gasteiger partial charge is 0.494 e. The fourth-order valence-electron chi connectivity index (χ4n) is 3.99. The van der Waals surface area contributed by atoms with E-state index in [4.69, 9.17) is 14.5 Å². The standard InChI is InChI=1S/C27H29FN2O3/c1-2-33-25-11-7-21(8-12-25)26-13-9-23(29-27(26)30-14-16-32-17-15-30)19-24(31)10-6-20-4-3-5-22(28)18-20/h3-5,7-9,11-13,18H,2,6,10,14-17,19H2,1H3. The number of carbonyl (C=O) groups excluding carboxylic acids is 1. The zero-order valence-electron chi connectivity index (χ0n) is 18.9. The predicted octanol–water partition coefficient (Wildman–Crippen LogP) is 4.87. The van der Waals surface area contributed by atoms with E-state index in [0.717, 1.165) is 47.0 Å². The van der Waals surface area contributed by atoms with Crippen molar-refractivity contribution in [2.45, 2.75) is 26.2 Å². The van der Waals surface area contributed by atoms with Gasteiger partial charge < -0.3 is 14.4 Å². The van der Waals surface area contributed by atoms with Gasteiger partial charge in [0.1, 0.15) is 23.2 Å². The maximum atomic E-state index is 13.4. The number of anilines is 1. The van der Waals surface area contributed by atoms with Crippen molar-refractivity contribution in [1.29, 1.82) is 0 Å². The Morgan fingerprint density at radius 1 is 1.09 bits per heavy atom. The fraction of sp³-hybridized carbons (Fsp3) is 0.333. The van der Waals surface area contributed by atoms with Gasteiger partial charge in [0.2, 0.25) is 0 Å². The number of hydrogen-bond acceptors (Lipinski definition) is 5. The van der Waals surface area contributed by atoms with Crippen LogP contribution in [0.2, 0.25) is 0 Å². The van der Waals surface area contributed by atoms with Crippen molar-refractivity contribution in [3.05, 3.63) is 77.7 Å². The van der Waals surface area contributed by atoms with Crippen LogP contribution in [0.3, 0.4) is 0 Å². The highest BCUT2D eigenvalue weighted by molar-refractivity contribution is 5.82. The third-order valence-electron chi connectivity index (χ3n) is 5.68. The number of aryl methyl sites for hydroxylation is 1. The number of rotatable bonds is 9. The van der Waals surface area contributed by atoms with Gasteiger partial charge in [-0.25, -0.2) is 9.37 Å². The Hall–Kier alpha value is -3.25. The van der Waals surface area contributed by atoms with Crippen LogP contribution in [-0.2, 0) is 22.4 Å². The van der Waals surface area contributed by atoms with E-state index in [-0.39, 0.29) is 18.0 Å². The van der Waals surface area contributed by atoms with Crippen molar-refractivity contribution in [3.63, 3.8) is 0 Å². The van der Waals surface area contributed by atoms with Crippen molar-refractivity contribution in [3.8, 4) is 16.9 Å². The molecule has 4 rings (SSSR count). The molecule has 0 radical (unpaired) electrons. The summed E-state index contributed by atoms with van der Waals surface area (Å²) in [7, 11) is 0. The SMILES string of the molecule is CCOc1ccc(-c2ccc(CC(=O)CCc3cccc(F)c3)nc2N2CCOCC2)cc1. The monoisotopic (exact) mass is 448 g/mol. The summed E-state index contributed by atoms with van der Waals surface area (Å²) >= 11 is 0. The lowest BCUT2D eigenvalue weighted by molar-refractivity contribution is -0.118. The Morgan fingerprint density at radius 2 is 1.88 bits per heavy atom. The van der Waals surface area contributed by atoms with Crippen LogP contribution in [0.1, 0.15) is 24.6 Å². The molecule has 1 aliphatic heterocycles. The van der Waals surface area contributed by atoms with E-state index in [2.05, 4.69) is 4.90 Å². The van der Waals surface area contributed by atoms with Gasteiger partial charge in [-0.3, -0.25) is 4.79 Å². The fourth-order valence-corrected chi connectivity index (χ4v) is 3.99. The molecule has 0 saturated carbocycles. The van der Waals surface area contributed by atoms with E-state index in [0.29, 0.717) is 32.7 Å². The third-order valence-corrected chi connectivity index (χ3v) is 5.68. The van der Waals surface area contributed by atoms with Gasteiger partial charge in [0.05, 0.1) is 25.5 Å². The lowest BCUT2D eigenvalue weighted by atomic mass is 10.0. The van der Waals surface area contributed by atoms with E-state index in [1.165, 1.54) is 12.1 Å². The Bertz CT molecular complexity index is 1080. The van der Waals surface area contributed by atoms with E-state index in [1.807, 2.05) is 49.4 Å². The van der Waals surface area contributed by atoms with E-state index >= 15 is 0 Å². The number of carbonyl (C=O) groups is 1. The van der Waals surface area contributed by atoms with Gasteiger partial charge in [-0.1, -0.05) is 24.3 Å². The molecule has 1 aliphatic rings. The smallest absolute Gasteiger partial charge is 0.139 e. The molecule has 0 atom stereocenters. The van der Waals surface area contributed by atoms with Crippen LogP contribution in [0.25, 0.3) is 11.1 Å². The summed E-state index contributed by atoms with van der Waals surface area (Å²) in [5.41, 5.74) is 3.65. The van der Waals surface area contributed by atoms with Crippen LogP contribution in [0.5, 0.6) is 5.75 Å². The van der Waals surface area contributed by atoms with Crippen LogP contribution < -0.4 is 9.64 Å². The normalized spacial score (nSPS) is 13.7. The molecule has 1 fully saturated rings. The second-order valence-corrected chi connectivity index (χ2v) is 8.08. The number of pyridine rings is 1. The van der Waals surface area contributed by atoms with Crippen LogP contribution in [0, 0.1) is 5.82 Å². The molecule has 2 heterocycles. The molecule has 5 nitrogen and oxygen atoms in total. The van der Waals surface area contributed by atoms with Gasteiger partial charge >= 0.3 is 0 Å². The first kappa shape index (κ1) is 22.9. The molecule has 0 N–H and O–H groups in total. The molecular formula is C27H29FN2O3. The van der Waals surface area contributed by atoms with Crippen LogP contribution in [-0.4, -0.2) is 43.7 Å². The van der Waals surface area contributed by atoms with Crippen LogP contribution in [0.4, 0.5) is 10.2 Å². The minimum absolute atomic E-state index is 0.0912. The highest BCUT2D eigenvalue weighted by atomic mass is 19.1. The van der Waals surface area contributed by atoms with Crippen molar-refractivity contribution >= 4 is 11.6 Å². The second kappa shape index (κ2) is 11.1. The summed E-state index contributed by atoms with van der Waals surface area (Å²) in [4.78, 5) is 19.7. The van der Waals surface area contributed by atoms with Crippen molar-refractivity contribution in [1.82, 2.24) is 4.98 Å². The molecule has 6 heteroatoms. The first-order valence-corrected chi connectivity index (χ1v) is 11.4. The van der Waals surface area contributed by atoms with Gasteiger partial charge in [0.25, 0.3) is 0 Å². The second-order valence-electron chi connectivity index (χ2n) is 8.08. The lowest BCUT2D eigenvalue weighted by Gasteiger charge is -2.30. The number of hydrogen-bond donors (Lipinski definition) is 0. The molecule has 3 aromatic rings. The third kappa shape index (κ3) is 6.17. The number of aromatic nitrogens is 1. The summed E-state index contributed by atoms with van der Waals surface area (Å²) in [6.07, 6.45) is 1.14. The summed E-state index contributed by atoms with van der Waals surface area (Å²) in [6, 6.07) is 18.4. The molecule has 0 amide bonds. The highest BCUT2D eigenvalue weighted by Crippen LogP contribution is 2.31. The minimum atomic E-state index is -0.276. The van der Waals surface area contributed by atoms with E-state index < -0.39 is 0 Å². The van der Waals surface area contributed by atoms with Gasteiger partial charge in [-0.15, -0.1) is 0 Å². The Labute approximate surface area is 194 Å². The topological polar surface area (TPSA) is 51.7 Å². The number of benzene rings is 2. The molecule has 1 saturated heterocycles. The summed E-state index contributed by atoms with van der Waals surface area (Å²) in [5, 5.41) is 0. The number of halogens is 1. The van der Waals surface area contributed by atoms with Crippen LogP contribution in [0.15, 0.2) is 60.7 Å². The molecule has 2 aromatic carbocycles. The van der Waals surface area contributed by atoms with Crippen molar-refractivity contribution < 1.29 is 18.7 Å². The Morgan fingerprint density at radius 3 is 2.61 bits per heavy atom. The van der Waals surface area contributed by atoms with Gasteiger partial charge in [-0.05, 0) is 60.9 Å². The zero-order valence-corrected chi connectivity index (χ0v) is 18.9. The first-order valence-electron chi connectivity index (χ1n) is 11.4. The molecule has 0 bridgehead atoms. The average molecular weight is 449 g/mol. The lowest BCUT2D eigenvalue weighted by Crippen LogP contribution is -2.37. The predicted molar refractivity (Wildman–Crippen MR) is 127 cm³/mol. The molecule has 1 aromatic heterocycles. The quantitative estimate of drug-likeness (QED) is 0.468. The summed E-state index contributed by atoms with van der Waals surface area (Å²) in [6.45, 7) is 5.42. The molecule has 0 aliphatic carbocycles. The van der Waals surface area contributed by atoms with Crippen LogP contribution >= 0.6 is 0 Å². The molecule has 0 unspecified atom stereocenters. The summed E-state index contributed by atoms with van der Waals surface area (Å²) < 4.78 is 24.5. The van der Waals surface area contributed by atoms with Crippen molar-refractivity contribution in [2.24, 2.45) is 0 Å². The van der Waals surface area contributed by atoms with Gasteiger partial charge in [0.15, 0.2) is 0 Å². The number of nitrogens with zero attached hydrogens (tertiary/aromatic N) is 2. The maximum absolute atomic E-state index is 13.4. The molecule has 33 heavy (non-hydrogen) atoms. The molecular weight excluding hydrogens is 419 g/mol. The number of ether oxygens (including phenoxy) is 2. The van der Waals surface area contributed by atoms with E-state index in [9.17, 15) is 9.18 Å². The Kier molecular flexibility index (Phi) is 7.68. The Balaban J connectivity index is 1.52. The highest BCUT2D eigenvalue weighted by Gasteiger charge is 2.19. The van der Waals surface area contributed by atoms with Crippen molar-refractivity contribution in [2.75, 3.05) is 37.8 Å². The zero-order chi connectivity index (χ0) is 23.0. The number of ketones is 1. The number of Topliss-reactive ketones (excluding diaryl/α,β-unsaturated/α-hetero) is 1. The molecule has 172 valence electrons. The number of morpholine rings is 1. The average Bonchev–Trinajstić information content (AvgIpc) is 2.84. The summed E-state index contributed by atoms with van der Waals surface area (Å²) in [5.74, 6) is 1.52. The van der Waals surface area contributed by atoms with Gasteiger partial charge in [0, 0.05) is 31.5 Å². The molecule has 0 spiro atoms. The minimum Gasteiger partial charge on any atom is -0.494 e. The maximum Gasteiger partial charge on any atom is 0.139 e. The van der Waals surface area contributed by atoms with E-state index in [1.54, 1.807) is 6.07 Å². The first-order chi connectivity index (χ1) is 16.1. The van der Waals surface area contributed by atoms with Gasteiger partial charge in [-0.2, -0.15) is 0 Å².